The molecule has 3 rings (SSSR count). The lowest BCUT2D eigenvalue weighted by atomic mass is 10.2. The number of esters is 1. The fourth-order valence-corrected chi connectivity index (χ4v) is 2.21. The van der Waals surface area contributed by atoms with E-state index in [-0.39, 0.29) is 22.1 Å². The molecule has 0 saturated heterocycles. The fourth-order valence-electron chi connectivity index (χ4n) is 2.05. The third-order valence-electron chi connectivity index (χ3n) is 3.27. The van der Waals surface area contributed by atoms with Gasteiger partial charge in [0.25, 0.3) is 11.7 Å². The number of fused-ring (bicyclic) bond motifs is 1. The SMILES string of the molecule is COC(=O)c1ccc(Cl)c(NC(=O)c2nc3nccc(C)n3n2)c1. The number of amides is 1. The second kappa shape index (κ2) is 6.25. The maximum absolute atomic E-state index is 12.3. The van der Waals surface area contributed by atoms with Crippen molar-refractivity contribution in [3.8, 4) is 0 Å². The molecule has 0 aliphatic heterocycles. The average molecular weight is 346 g/mol. The van der Waals surface area contributed by atoms with Crippen LogP contribution in [0.3, 0.4) is 0 Å². The predicted molar refractivity (Wildman–Crippen MR) is 86.3 cm³/mol. The number of nitrogens with zero attached hydrogens (tertiary/aromatic N) is 4. The maximum atomic E-state index is 12.3. The Labute approximate surface area is 141 Å². The Kier molecular flexibility index (Phi) is 4.13. The van der Waals surface area contributed by atoms with Gasteiger partial charge in [-0.05, 0) is 31.2 Å². The molecule has 0 radical (unpaired) electrons. The van der Waals surface area contributed by atoms with Crippen molar-refractivity contribution >= 4 is 34.9 Å². The predicted octanol–water partition coefficient (Wildman–Crippen LogP) is 2.13. The Morgan fingerprint density at radius 1 is 1.29 bits per heavy atom. The molecule has 24 heavy (non-hydrogen) atoms. The van der Waals surface area contributed by atoms with Crippen molar-refractivity contribution in [2.75, 3.05) is 12.4 Å². The molecule has 1 amide bonds. The topological polar surface area (TPSA) is 98.5 Å². The number of ether oxygens (including phenoxy) is 1. The van der Waals surface area contributed by atoms with Crippen LogP contribution in [0.15, 0.2) is 30.5 Å². The number of anilines is 1. The third kappa shape index (κ3) is 2.91. The number of halogens is 1. The van der Waals surface area contributed by atoms with E-state index in [2.05, 4.69) is 25.1 Å². The number of rotatable bonds is 3. The lowest BCUT2D eigenvalue weighted by Crippen LogP contribution is -2.15. The van der Waals surface area contributed by atoms with E-state index >= 15 is 0 Å². The highest BCUT2D eigenvalue weighted by Gasteiger charge is 2.17. The lowest BCUT2D eigenvalue weighted by molar-refractivity contribution is 0.0600. The highest BCUT2D eigenvalue weighted by molar-refractivity contribution is 6.34. The summed E-state index contributed by atoms with van der Waals surface area (Å²) in [5.74, 6) is -0.845. The van der Waals surface area contributed by atoms with Gasteiger partial charge in [0.05, 0.1) is 23.4 Å². The number of methoxy groups -OCH3 is 1. The van der Waals surface area contributed by atoms with Crippen molar-refractivity contribution in [2.45, 2.75) is 6.92 Å². The second-order valence-electron chi connectivity index (χ2n) is 4.87. The first-order valence-corrected chi connectivity index (χ1v) is 7.25. The molecule has 0 aliphatic rings. The standard InChI is InChI=1S/C15H12ClN5O3/c1-8-5-6-17-15-19-12(20-21(8)15)13(22)18-11-7-9(14(23)24-2)3-4-10(11)16/h3-7H,1-2H3,(H,18,22). The van der Waals surface area contributed by atoms with E-state index < -0.39 is 11.9 Å². The van der Waals surface area contributed by atoms with E-state index in [1.54, 1.807) is 12.3 Å². The van der Waals surface area contributed by atoms with Crippen LogP contribution in [0.5, 0.6) is 0 Å². The minimum atomic E-state index is -0.566. The van der Waals surface area contributed by atoms with Crippen LogP contribution in [0.25, 0.3) is 5.78 Å². The van der Waals surface area contributed by atoms with Crippen molar-refractivity contribution in [2.24, 2.45) is 0 Å². The zero-order valence-electron chi connectivity index (χ0n) is 12.8. The van der Waals surface area contributed by atoms with Crippen LogP contribution in [0.1, 0.15) is 26.7 Å². The molecule has 0 aliphatic carbocycles. The van der Waals surface area contributed by atoms with Crippen LogP contribution < -0.4 is 5.32 Å². The summed E-state index contributed by atoms with van der Waals surface area (Å²) in [6, 6.07) is 6.16. The van der Waals surface area contributed by atoms with Gasteiger partial charge in [-0.3, -0.25) is 4.79 Å². The summed E-state index contributed by atoms with van der Waals surface area (Å²) in [6.07, 6.45) is 1.58. The maximum Gasteiger partial charge on any atom is 0.337 e. The van der Waals surface area contributed by atoms with Crippen LogP contribution in [0.4, 0.5) is 5.69 Å². The van der Waals surface area contributed by atoms with Gasteiger partial charge >= 0.3 is 5.97 Å². The van der Waals surface area contributed by atoms with Gasteiger partial charge in [0.1, 0.15) is 0 Å². The summed E-state index contributed by atoms with van der Waals surface area (Å²) < 4.78 is 6.10. The van der Waals surface area contributed by atoms with Crippen molar-refractivity contribution in [3.05, 3.63) is 52.6 Å². The highest BCUT2D eigenvalue weighted by Crippen LogP contribution is 2.24. The number of hydrogen-bond donors (Lipinski definition) is 1. The van der Waals surface area contributed by atoms with Gasteiger partial charge < -0.3 is 10.1 Å². The number of benzene rings is 1. The molecule has 8 nitrogen and oxygen atoms in total. The quantitative estimate of drug-likeness (QED) is 0.730. The van der Waals surface area contributed by atoms with Gasteiger partial charge in [0, 0.05) is 11.9 Å². The zero-order valence-corrected chi connectivity index (χ0v) is 13.5. The summed E-state index contributed by atoms with van der Waals surface area (Å²) in [5, 5.41) is 6.96. The summed E-state index contributed by atoms with van der Waals surface area (Å²) in [4.78, 5) is 32.0. The molecule has 2 heterocycles. The Morgan fingerprint density at radius 2 is 2.08 bits per heavy atom. The molecular formula is C15H12ClN5O3. The molecule has 122 valence electrons. The molecule has 1 N–H and O–H groups in total. The number of carbonyl (C=O) groups excluding carboxylic acids is 2. The summed E-state index contributed by atoms with van der Waals surface area (Å²) >= 11 is 6.05. The van der Waals surface area contributed by atoms with Gasteiger partial charge in [-0.15, -0.1) is 5.10 Å². The molecule has 0 spiro atoms. The van der Waals surface area contributed by atoms with Crippen LogP contribution in [0.2, 0.25) is 5.02 Å². The third-order valence-corrected chi connectivity index (χ3v) is 3.60. The Bertz CT molecular complexity index is 953. The van der Waals surface area contributed by atoms with Crippen molar-refractivity contribution in [1.29, 1.82) is 0 Å². The summed E-state index contributed by atoms with van der Waals surface area (Å²) in [6.45, 7) is 1.82. The largest absolute Gasteiger partial charge is 0.465 e. The van der Waals surface area contributed by atoms with Gasteiger partial charge in [-0.2, -0.15) is 4.98 Å². The van der Waals surface area contributed by atoms with E-state index in [0.717, 1.165) is 5.69 Å². The van der Waals surface area contributed by atoms with Crippen LogP contribution in [-0.4, -0.2) is 38.6 Å². The smallest absolute Gasteiger partial charge is 0.337 e. The highest BCUT2D eigenvalue weighted by atomic mass is 35.5. The summed E-state index contributed by atoms with van der Waals surface area (Å²) in [5.41, 5.74) is 1.31. The molecule has 0 unspecified atom stereocenters. The lowest BCUT2D eigenvalue weighted by Gasteiger charge is -2.07. The number of carbonyl (C=O) groups is 2. The second-order valence-corrected chi connectivity index (χ2v) is 5.28. The minimum absolute atomic E-state index is 0.0589. The van der Waals surface area contributed by atoms with Crippen LogP contribution >= 0.6 is 11.6 Å². The molecule has 0 fully saturated rings. The Balaban J connectivity index is 1.91. The molecule has 0 bridgehead atoms. The molecule has 0 saturated carbocycles. The summed E-state index contributed by atoms with van der Waals surface area (Å²) in [7, 11) is 1.27. The molecule has 2 aromatic heterocycles. The number of aromatic nitrogens is 4. The monoisotopic (exact) mass is 345 g/mol. The number of nitrogens with one attached hydrogen (secondary N) is 1. The van der Waals surface area contributed by atoms with Gasteiger partial charge in [-0.1, -0.05) is 11.6 Å². The van der Waals surface area contributed by atoms with E-state index in [9.17, 15) is 9.59 Å². The van der Waals surface area contributed by atoms with Gasteiger partial charge in [-0.25, -0.2) is 14.3 Å². The van der Waals surface area contributed by atoms with Crippen LogP contribution in [-0.2, 0) is 4.74 Å². The first-order valence-electron chi connectivity index (χ1n) is 6.87. The molecule has 0 atom stereocenters. The van der Waals surface area contributed by atoms with E-state index in [1.807, 2.05) is 6.92 Å². The number of aryl methyl sites for hydroxylation is 1. The van der Waals surface area contributed by atoms with Crippen molar-refractivity contribution in [3.63, 3.8) is 0 Å². The van der Waals surface area contributed by atoms with Gasteiger partial charge in [0.15, 0.2) is 0 Å². The molecule has 3 aromatic rings. The van der Waals surface area contributed by atoms with Crippen molar-refractivity contribution < 1.29 is 14.3 Å². The average Bonchev–Trinajstić information content (AvgIpc) is 3.02. The Morgan fingerprint density at radius 3 is 2.79 bits per heavy atom. The zero-order chi connectivity index (χ0) is 17.3. The minimum Gasteiger partial charge on any atom is -0.465 e. The van der Waals surface area contributed by atoms with E-state index in [0.29, 0.717) is 5.78 Å². The molecule has 1 aromatic carbocycles. The van der Waals surface area contributed by atoms with Crippen LogP contribution in [0, 0.1) is 6.92 Å². The van der Waals surface area contributed by atoms with Crippen molar-refractivity contribution in [1.82, 2.24) is 19.6 Å². The number of hydrogen-bond acceptors (Lipinski definition) is 6. The normalized spacial score (nSPS) is 10.6. The molecular weight excluding hydrogens is 334 g/mol. The fraction of sp³-hybridized carbons (Fsp3) is 0.133. The first-order chi connectivity index (χ1) is 11.5. The van der Waals surface area contributed by atoms with E-state index in [4.69, 9.17) is 11.6 Å². The first kappa shape index (κ1) is 15.9. The van der Waals surface area contributed by atoms with Gasteiger partial charge in [0.2, 0.25) is 5.82 Å². The Hall–Kier alpha value is -3.00. The van der Waals surface area contributed by atoms with E-state index in [1.165, 1.54) is 29.8 Å². The molecule has 9 heteroatoms.